The number of anilines is 2. The third kappa shape index (κ3) is 17.2. The minimum Gasteiger partial charge on any atom is -0.496 e. The van der Waals surface area contributed by atoms with Gasteiger partial charge in [-0.3, -0.25) is 33.4 Å². The van der Waals surface area contributed by atoms with Crippen molar-refractivity contribution < 1.29 is 62.0 Å². The zero-order valence-electron chi connectivity index (χ0n) is 44.3. The SMILES string of the molecule is CCOc1nc(N)c2[nH]c(=O)n(Cc3ccc(CN(C(=O)OCc4ccc(NC(=O)[C@H](CCCNC(N)=O)NC(=O)[C@@H](NC(=O)CCOCCOCCOCCN5C(=O)C=CC5=O)C(C)C)cc4)C4CCC4)cc3OC)c2n1. The number of H-pyrrole nitrogens is 1. The Bertz CT molecular complexity index is 2800. The molecule has 0 bridgehead atoms. The van der Waals surface area contributed by atoms with Crippen LogP contribution in [-0.4, -0.2) is 156 Å². The molecule has 4 aromatic rings. The molecule has 1 aliphatic carbocycles. The number of hydrogen-bond acceptors (Lipinski definition) is 17. The second-order valence-corrected chi connectivity index (χ2v) is 18.7. The van der Waals surface area contributed by atoms with Gasteiger partial charge in [-0.2, -0.15) is 9.97 Å². The van der Waals surface area contributed by atoms with Gasteiger partial charge in [-0.05, 0) is 74.3 Å². The van der Waals surface area contributed by atoms with Crippen molar-refractivity contribution >= 4 is 64.3 Å². The number of nitrogen functional groups attached to an aromatic ring is 1. The molecule has 2 aromatic carbocycles. The van der Waals surface area contributed by atoms with E-state index in [1.54, 1.807) is 49.9 Å². The largest absolute Gasteiger partial charge is 0.496 e. The van der Waals surface area contributed by atoms with Crippen LogP contribution in [0.25, 0.3) is 11.2 Å². The number of imidazole rings is 1. The van der Waals surface area contributed by atoms with Crippen molar-refractivity contribution in [1.82, 2.24) is 45.3 Å². The minimum absolute atomic E-state index is 0.0287. The monoisotopic (exact) mass is 1090 g/mol. The summed E-state index contributed by atoms with van der Waals surface area (Å²) in [6.07, 6.45) is 4.88. The predicted molar refractivity (Wildman–Crippen MR) is 283 cm³/mol. The lowest BCUT2D eigenvalue weighted by molar-refractivity contribution is -0.137. The first-order chi connectivity index (χ1) is 37.5. The number of carbonyl (C=O) groups is 7. The van der Waals surface area contributed by atoms with Gasteiger partial charge in [-0.1, -0.05) is 38.1 Å². The van der Waals surface area contributed by atoms with Gasteiger partial charge in [0, 0.05) is 49.0 Å². The molecule has 1 aliphatic heterocycles. The van der Waals surface area contributed by atoms with Gasteiger partial charge in [-0.25, -0.2) is 14.4 Å². The van der Waals surface area contributed by atoms with Crippen LogP contribution in [0, 0.1) is 5.92 Å². The molecule has 0 saturated heterocycles. The number of carbonyl (C=O) groups excluding carboxylic acids is 7. The van der Waals surface area contributed by atoms with Crippen LogP contribution in [0.15, 0.2) is 59.4 Å². The summed E-state index contributed by atoms with van der Waals surface area (Å²) in [6, 6.07) is 9.41. The van der Waals surface area contributed by atoms with Gasteiger partial charge >= 0.3 is 23.8 Å². The highest BCUT2D eigenvalue weighted by Crippen LogP contribution is 2.30. The number of fused-ring (bicyclic) bond motifs is 1. The Morgan fingerprint density at radius 2 is 1.55 bits per heavy atom. The molecule has 26 heteroatoms. The van der Waals surface area contributed by atoms with E-state index in [-0.39, 0.29) is 133 Å². The minimum atomic E-state index is -1.07. The van der Waals surface area contributed by atoms with Crippen molar-refractivity contribution in [2.75, 3.05) is 77.5 Å². The molecule has 1 fully saturated rings. The Morgan fingerprint density at radius 1 is 0.872 bits per heavy atom. The number of aromatic nitrogens is 4. The van der Waals surface area contributed by atoms with Crippen LogP contribution in [0.2, 0.25) is 0 Å². The van der Waals surface area contributed by atoms with Crippen molar-refractivity contribution in [2.45, 2.75) is 97.1 Å². The maximum atomic E-state index is 13.7. The van der Waals surface area contributed by atoms with E-state index in [4.69, 9.17) is 39.9 Å². The maximum absolute atomic E-state index is 13.7. The zero-order chi connectivity index (χ0) is 56.1. The van der Waals surface area contributed by atoms with Gasteiger partial charge in [0.05, 0.1) is 66.4 Å². The average molecular weight is 1090 g/mol. The molecular formula is C52H70N12O14. The van der Waals surface area contributed by atoms with Gasteiger partial charge < -0.3 is 71.0 Å². The lowest BCUT2D eigenvalue weighted by Crippen LogP contribution is -2.54. The highest BCUT2D eigenvalue weighted by atomic mass is 16.6. The van der Waals surface area contributed by atoms with Crippen LogP contribution >= 0.6 is 0 Å². The summed E-state index contributed by atoms with van der Waals surface area (Å²) in [5, 5.41) is 10.8. The smallest absolute Gasteiger partial charge is 0.410 e. The number of hydrogen-bond donors (Lipinski definition) is 7. The maximum Gasteiger partial charge on any atom is 0.410 e. The summed E-state index contributed by atoms with van der Waals surface area (Å²) in [5.41, 5.74) is 14.0. The molecule has 8 amide bonds. The van der Waals surface area contributed by atoms with Crippen LogP contribution in [-0.2, 0) is 62.6 Å². The van der Waals surface area contributed by atoms with E-state index in [1.807, 2.05) is 18.2 Å². The Balaban J connectivity index is 0.966. The van der Waals surface area contributed by atoms with Gasteiger partial charge in [-0.15, -0.1) is 0 Å². The normalized spacial score (nSPS) is 14.0. The van der Waals surface area contributed by atoms with Crippen molar-refractivity contribution in [2.24, 2.45) is 11.7 Å². The number of nitrogens with one attached hydrogen (secondary N) is 5. The van der Waals surface area contributed by atoms with Crippen LogP contribution in [0.4, 0.5) is 21.1 Å². The highest BCUT2D eigenvalue weighted by molar-refractivity contribution is 6.12. The number of benzene rings is 2. The molecule has 78 heavy (non-hydrogen) atoms. The van der Waals surface area contributed by atoms with E-state index >= 15 is 0 Å². The molecule has 2 aliphatic rings. The van der Waals surface area contributed by atoms with E-state index < -0.39 is 47.6 Å². The summed E-state index contributed by atoms with van der Waals surface area (Å²) in [4.78, 5) is 116. The summed E-state index contributed by atoms with van der Waals surface area (Å²) in [7, 11) is 1.52. The number of methoxy groups -OCH3 is 1. The number of amides is 8. The third-order valence-corrected chi connectivity index (χ3v) is 12.7. The zero-order valence-corrected chi connectivity index (χ0v) is 44.3. The highest BCUT2D eigenvalue weighted by Gasteiger charge is 2.32. The quantitative estimate of drug-likeness (QED) is 0.0272. The topological polar surface area (TPSA) is 345 Å². The fraction of sp³-hybridized carbons (Fsp3) is 0.500. The number of ether oxygens (including phenoxy) is 6. The molecule has 0 radical (unpaired) electrons. The predicted octanol–water partition coefficient (Wildman–Crippen LogP) is 2.23. The van der Waals surface area contributed by atoms with E-state index in [2.05, 4.69) is 36.2 Å². The number of imide groups is 1. The Labute approximate surface area is 450 Å². The second-order valence-electron chi connectivity index (χ2n) is 18.7. The summed E-state index contributed by atoms with van der Waals surface area (Å²) >= 11 is 0. The van der Waals surface area contributed by atoms with E-state index in [0.717, 1.165) is 29.7 Å². The van der Waals surface area contributed by atoms with Crippen LogP contribution < -0.4 is 47.9 Å². The molecule has 3 heterocycles. The van der Waals surface area contributed by atoms with Crippen molar-refractivity contribution in [3.63, 3.8) is 0 Å². The molecule has 2 atom stereocenters. The van der Waals surface area contributed by atoms with Gasteiger partial charge in [0.2, 0.25) is 17.7 Å². The van der Waals surface area contributed by atoms with Crippen LogP contribution in [0.5, 0.6) is 11.8 Å². The first-order valence-corrected chi connectivity index (χ1v) is 25.8. The van der Waals surface area contributed by atoms with E-state index in [9.17, 15) is 38.4 Å². The van der Waals surface area contributed by atoms with Gasteiger partial charge in [0.15, 0.2) is 11.5 Å². The second kappa shape index (κ2) is 29.4. The molecule has 1 saturated carbocycles. The molecule has 6 rings (SSSR count). The molecule has 26 nitrogen and oxygen atoms in total. The van der Waals surface area contributed by atoms with Crippen LogP contribution in [0.3, 0.4) is 0 Å². The standard InChI is InChI=1S/C52H70N12O14/c1-5-77-50-60-45(53)44-46(61-50)64(51(71)59-44)30-35-14-11-34(28-39(35)73-4)29-63(37-8-6-9-37)52(72)78-31-33-12-15-36(16-13-33)56-47(68)38(10-7-20-55-49(54)70)57-48(69)43(32(2)3)58-40(65)19-22-74-24-26-76-27-25-75-23-21-62-41(66)17-18-42(62)67/h11-18,28,32,37-38,43H,5-10,19-27,29-31H2,1-4H3,(H,56,68)(H,57,69)(H,58,65)(H,59,71)(H2,53,60,61)(H3,54,55,70)/t38-,43-/m0/s1. The Kier molecular flexibility index (Phi) is 22.3. The summed E-state index contributed by atoms with van der Waals surface area (Å²) in [6.45, 7) is 7.35. The molecule has 9 N–H and O–H groups in total. The number of urea groups is 1. The van der Waals surface area contributed by atoms with Gasteiger partial charge in [0.25, 0.3) is 11.8 Å². The number of rotatable bonds is 32. The van der Waals surface area contributed by atoms with Crippen molar-refractivity contribution in [3.05, 3.63) is 81.8 Å². The number of primary amides is 1. The Hall–Kier alpha value is -8.10. The number of nitrogens with zero attached hydrogens (tertiary/aromatic N) is 5. The van der Waals surface area contributed by atoms with E-state index in [1.165, 1.54) is 23.8 Å². The van der Waals surface area contributed by atoms with E-state index in [0.29, 0.717) is 34.7 Å². The summed E-state index contributed by atoms with van der Waals surface area (Å²) in [5.74, 6) is -2.10. The third-order valence-electron chi connectivity index (χ3n) is 12.7. The molecular weight excluding hydrogens is 1020 g/mol. The van der Waals surface area contributed by atoms with Gasteiger partial charge in [0.1, 0.15) is 30.0 Å². The first kappa shape index (κ1) is 59.1. The van der Waals surface area contributed by atoms with Crippen molar-refractivity contribution in [1.29, 1.82) is 0 Å². The number of nitrogens with two attached hydrogens (primary N) is 2. The van der Waals surface area contributed by atoms with Crippen molar-refractivity contribution in [3.8, 4) is 11.8 Å². The molecule has 422 valence electrons. The first-order valence-electron chi connectivity index (χ1n) is 25.8. The lowest BCUT2D eigenvalue weighted by Gasteiger charge is -2.37. The lowest BCUT2D eigenvalue weighted by atomic mass is 9.91. The van der Waals surface area contributed by atoms with Crippen LogP contribution in [0.1, 0.15) is 76.0 Å². The molecule has 2 aromatic heterocycles. The Morgan fingerprint density at radius 3 is 2.19 bits per heavy atom. The average Bonchev–Trinajstić information content (AvgIpc) is 3.99. The molecule has 0 unspecified atom stereocenters. The molecule has 0 spiro atoms. The fourth-order valence-corrected chi connectivity index (χ4v) is 8.28. The summed E-state index contributed by atoms with van der Waals surface area (Å²) < 4.78 is 34.8. The fourth-order valence-electron chi connectivity index (χ4n) is 8.28. The number of aromatic amines is 1.